The summed E-state index contributed by atoms with van der Waals surface area (Å²) in [5.41, 5.74) is 7.70. The number of nitrogens with two attached hydrogens (primary N) is 1. The van der Waals surface area contributed by atoms with E-state index in [0.717, 1.165) is 49.1 Å². The van der Waals surface area contributed by atoms with Crippen LogP contribution in [0.25, 0.3) is 0 Å². The second-order valence-electron chi connectivity index (χ2n) is 5.97. The van der Waals surface area contributed by atoms with Crippen LogP contribution in [0.1, 0.15) is 5.56 Å². The third-order valence-electron chi connectivity index (χ3n) is 4.15. The molecule has 4 nitrogen and oxygen atoms in total. The van der Waals surface area contributed by atoms with E-state index in [2.05, 4.69) is 16.8 Å². The summed E-state index contributed by atoms with van der Waals surface area (Å²) in [7, 11) is 2.16. The lowest BCUT2D eigenvalue weighted by molar-refractivity contribution is 0.147. The number of halogens is 1. The molecule has 2 N–H and O–H groups in total. The monoisotopic (exact) mass is 331 g/mol. The molecule has 0 atom stereocenters. The Hall–Kier alpha value is -1.75. The Morgan fingerprint density at radius 1 is 1.04 bits per heavy atom. The number of piperazine rings is 1. The number of ether oxygens (including phenoxy) is 1. The van der Waals surface area contributed by atoms with Crippen molar-refractivity contribution in [2.24, 2.45) is 0 Å². The smallest absolute Gasteiger partial charge is 0.150 e. The van der Waals surface area contributed by atoms with Crippen LogP contribution in [-0.2, 0) is 6.54 Å². The van der Waals surface area contributed by atoms with Gasteiger partial charge in [0.05, 0.1) is 5.69 Å². The summed E-state index contributed by atoms with van der Waals surface area (Å²) < 4.78 is 6.04. The molecule has 2 aromatic rings. The molecule has 2 aromatic carbocycles. The zero-order chi connectivity index (χ0) is 16.2. The minimum atomic E-state index is 0.632. The van der Waals surface area contributed by atoms with E-state index < -0.39 is 0 Å². The second-order valence-corrected chi connectivity index (χ2v) is 6.41. The van der Waals surface area contributed by atoms with Crippen LogP contribution < -0.4 is 10.5 Å². The molecule has 3 rings (SSSR count). The van der Waals surface area contributed by atoms with Crippen LogP contribution in [0.4, 0.5) is 5.69 Å². The van der Waals surface area contributed by atoms with Gasteiger partial charge in [-0.25, -0.2) is 0 Å². The predicted molar refractivity (Wildman–Crippen MR) is 95.2 cm³/mol. The second kappa shape index (κ2) is 7.21. The maximum atomic E-state index is 6.18. The number of anilines is 1. The molecule has 0 amide bonds. The number of rotatable bonds is 4. The molecule has 5 heteroatoms. The number of benzene rings is 2. The van der Waals surface area contributed by atoms with Crippen molar-refractivity contribution in [3.63, 3.8) is 0 Å². The van der Waals surface area contributed by atoms with Crippen molar-refractivity contribution in [3.8, 4) is 11.5 Å². The average molecular weight is 332 g/mol. The van der Waals surface area contributed by atoms with E-state index in [1.54, 1.807) is 0 Å². The standard InChI is InChI=1S/C18H22ClN3O/c1-21-8-10-22(11-9-21)13-14-12-15(19)6-7-17(14)23-18-5-3-2-4-16(18)20/h2-7,12H,8-11,13,20H2,1H3. The molecule has 1 heterocycles. The van der Waals surface area contributed by atoms with E-state index >= 15 is 0 Å². The van der Waals surface area contributed by atoms with Gasteiger partial charge >= 0.3 is 0 Å². The number of hydrogen-bond donors (Lipinski definition) is 1. The van der Waals surface area contributed by atoms with Crippen LogP contribution in [0.5, 0.6) is 11.5 Å². The number of para-hydroxylation sites is 2. The molecule has 1 aliphatic heterocycles. The summed E-state index contributed by atoms with van der Waals surface area (Å²) in [4.78, 5) is 4.77. The third kappa shape index (κ3) is 4.16. The van der Waals surface area contributed by atoms with Crippen LogP contribution in [0.15, 0.2) is 42.5 Å². The maximum Gasteiger partial charge on any atom is 0.150 e. The molecule has 1 aliphatic rings. The molecular formula is C18H22ClN3O. The molecule has 0 aromatic heterocycles. The fourth-order valence-electron chi connectivity index (χ4n) is 2.71. The highest BCUT2D eigenvalue weighted by Gasteiger charge is 2.16. The summed E-state index contributed by atoms with van der Waals surface area (Å²) in [6.45, 7) is 5.10. The normalized spacial score (nSPS) is 16.4. The molecule has 1 saturated heterocycles. The lowest BCUT2D eigenvalue weighted by Gasteiger charge is -2.32. The Balaban J connectivity index is 1.79. The minimum absolute atomic E-state index is 0.632. The molecule has 23 heavy (non-hydrogen) atoms. The highest BCUT2D eigenvalue weighted by Crippen LogP contribution is 2.32. The fraction of sp³-hybridized carbons (Fsp3) is 0.333. The van der Waals surface area contributed by atoms with Crippen LogP contribution in [0, 0.1) is 0 Å². The molecule has 122 valence electrons. The number of nitrogen functional groups attached to an aromatic ring is 1. The van der Waals surface area contributed by atoms with Crippen molar-refractivity contribution in [1.29, 1.82) is 0 Å². The van der Waals surface area contributed by atoms with Gasteiger partial charge < -0.3 is 15.4 Å². The predicted octanol–water partition coefficient (Wildman–Crippen LogP) is 3.46. The van der Waals surface area contributed by atoms with Crippen molar-refractivity contribution in [1.82, 2.24) is 9.80 Å². The van der Waals surface area contributed by atoms with Gasteiger partial charge in [-0.15, -0.1) is 0 Å². The summed E-state index contributed by atoms with van der Waals surface area (Å²) in [6.07, 6.45) is 0. The SMILES string of the molecule is CN1CCN(Cc2cc(Cl)ccc2Oc2ccccc2N)CC1. The van der Waals surface area contributed by atoms with Gasteiger partial charge in [-0.05, 0) is 37.4 Å². The van der Waals surface area contributed by atoms with E-state index in [-0.39, 0.29) is 0 Å². The lowest BCUT2D eigenvalue weighted by Crippen LogP contribution is -2.43. The first kappa shape index (κ1) is 16.1. The number of hydrogen-bond acceptors (Lipinski definition) is 4. The molecule has 0 unspecified atom stereocenters. The first-order valence-electron chi connectivity index (χ1n) is 7.83. The van der Waals surface area contributed by atoms with Crippen LogP contribution in [-0.4, -0.2) is 43.0 Å². The van der Waals surface area contributed by atoms with Crippen molar-refractivity contribution in [3.05, 3.63) is 53.1 Å². The zero-order valence-electron chi connectivity index (χ0n) is 13.3. The summed E-state index contributed by atoms with van der Waals surface area (Å²) >= 11 is 6.18. The third-order valence-corrected chi connectivity index (χ3v) is 4.39. The van der Waals surface area contributed by atoms with Gasteiger partial charge in [0.15, 0.2) is 0 Å². The Morgan fingerprint density at radius 3 is 2.52 bits per heavy atom. The lowest BCUT2D eigenvalue weighted by atomic mass is 10.1. The van der Waals surface area contributed by atoms with Crippen molar-refractivity contribution in [2.45, 2.75) is 6.54 Å². The minimum Gasteiger partial charge on any atom is -0.455 e. The van der Waals surface area contributed by atoms with E-state index in [9.17, 15) is 0 Å². The van der Waals surface area contributed by atoms with Gasteiger partial charge in [-0.3, -0.25) is 4.90 Å². The van der Waals surface area contributed by atoms with Gasteiger partial charge in [0.2, 0.25) is 0 Å². The topological polar surface area (TPSA) is 41.7 Å². The number of nitrogens with zero attached hydrogens (tertiary/aromatic N) is 2. The average Bonchev–Trinajstić information content (AvgIpc) is 2.54. The Bertz CT molecular complexity index is 669. The molecule has 0 radical (unpaired) electrons. The van der Waals surface area contributed by atoms with E-state index in [4.69, 9.17) is 22.1 Å². The molecule has 0 aliphatic carbocycles. The van der Waals surface area contributed by atoms with Gasteiger partial charge in [-0.1, -0.05) is 23.7 Å². The van der Waals surface area contributed by atoms with E-state index in [0.29, 0.717) is 11.4 Å². The quantitative estimate of drug-likeness (QED) is 0.871. The molecule has 1 fully saturated rings. The summed E-state index contributed by atoms with van der Waals surface area (Å²) in [5.74, 6) is 1.49. The van der Waals surface area contributed by atoms with Crippen LogP contribution in [0.2, 0.25) is 5.02 Å². The Labute approximate surface area is 142 Å². The van der Waals surface area contributed by atoms with Gasteiger partial charge in [-0.2, -0.15) is 0 Å². The van der Waals surface area contributed by atoms with Crippen molar-refractivity contribution < 1.29 is 4.74 Å². The number of likely N-dealkylation sites (N-methyl/N-ethyl adjacent to an activating group) is 1. The van der Waals surface area contributed by atoms with Gasteiger partial charge in [0, 0.05) is 43.3 Å². The molecule has 0 bridgehead atoms. The van der Waals surface area contributed by atoms with Gasteiger partial charge in [0.25, 0.3) is 0 Å². The summed E-state index contributed by atoms with van der Waals surface area (Å²) in [6, 6.07) is 13.3. The zero-order valence-corrected chi connectivity index (χ0v) is 14.1. The van der Waals surface area contributed by atoms with Crippen molar-refractivity contribution >= 4 is 17.3 Å². The van der Waals surface area contributed by atoms with E-state index in [1.165, 1.54) is 0 Å². The van der Waals surface area contributed by atoms with Crippen LogP contribution in [0.3, 0.4) is 0 Å². The van der Waals surface area contributed by atoms with Crippen LogP contribution >= 0.6 is 11.6 Å². The van der Waals surface area contributed by atoms with Crippen molar-refractivity contribution in [2.75, 3.05) is 39.0 Å². The first-order chi connectivity index (χ1) is 11.1. The fourth-order valence-corrected chi connectivity index (χ4v) is 2.90. The highest BCUT2D eigenvalue weighted by atomic mass is 35.5. The summed E-state index contributed by atoms with van der Waals surface area (Å²) in [5, 5.41) is 0.725. The first-order valence-corrected chi connectivity index (χ1v) is 8.21. The molecule has 0 saturated carbocycles. The van der Waals surface area contributed by atoms with E-state index in [1.807, 2.05) is 42.5 Å². The Kier molecular flexibility index (Phi) is 5.06. The molecular weight excluding hydrogens is 310 g/mol. The largest absolute Gasteiger partial charge is 0.455 e. The highest BCUT2D eigenvalue weighted by molar-refractivity contribution is 6.30. The molecule has 0 spiro atoms. The van der Waals surface area contributed by atoms with Gasteiger partial charge in [0.1, 0.15) is 11.5 Å². The maximum absolute atomic E-state index is 6.18. The Morgan fingerprint density at radius 2 is 1.78 bits per heavy atom.